The van der Waals surface area contributed by atoms with Gasteiger partial charge in [-0.3, -0.25) is 4.79 Å². The Labute approximate surface area is 123 Å². The summed E-state index contributed by atoms with van der Waals surface area (Å²) < 4.78 is 18.1. The molecule has 1 aliphatic carbocycles. The maximum Gasteiger partial charge on any atom is 0.257 e. The summed E-state index contributed by atoms with van der Waals surface area (Å²) in [5.41, 5.74) is 0. The van der Waals surface area contributed by atoms with Crippen LogP contribution in [0.1, 0.15) is 32.1 Å². The number of carbonyl (C=O) groups excluding carboxylic acids is 1. The van der Waals surface area contributed by atoms with Crippen LogP contribution in [0.4, 0.5) is 4.39 Å². The Kier molecular flexibility index (Phi) is 5.65. The van der Waals surface area contributed by atoms with Gasteiger partial charge in [0.05, 0.1) is 5.02 Å². The normalized spacial score (nSPS) is 15.9. The second-order valence-corrected chi connectivity index (χ2v) is 5.58. The Bertz CT molecular complexity index is 461. The van der Waals surface area contributed by atoms with E-state index >= 15 is 0 Å². The number of carbonyl (C=O) groups is 1. The Balaban J connectivity index is 1.71. The molecule has 0 aromatic heterocycles. The number of nitrogens with one attached hydrogen (secondary N) is 1. The van der Waals surface area contributed by atoms with E-state index in [1.54, 1.807) is 0 Å². The van der Waals surface area contributed by atoms with E-state index in [-0.39, 0.29) is 17.5 Å². The van der Waals surface area contributed by atoms with Crippen molar-refractivity contribution in [3.05, 3.63) is 29.0 Å². The Hall–Kier alpha value is -1.29. The van der Waals surface area contributed by atoms with E-state index in [2.05, 4.69) is 5.32 Å². The molecule has 1 N–H and O–H groups in total. The van der Waals surface area contributed by atoms with Crippen molar-refractivity contribution in [1.29, 1.82) is 0 Å². The highest BCUT2D eigenvalue weighted by Crippen LogP contribution is 2.25. The molecule has 0 bridgehead atoms. The van der Waals surface area contributed by atoms with Gasteiger partial charge in [-0.05, 0) is 37.0 Å². The number of amides is 1. The Morgan fingerprint density at radius 3 is 2.80 bits per heavy atom. The summed E-state index contributed by atoms with van der Waals surface area (Å²) in [5, 5.41) is 3.04. The minimum absolute atomic E-state index is 0.0991. The standard InChI is InChI=1S/C15H19ClFNO2/c16-13-8-12(17)6-7-14(13)20-10-15(19)18-9-11-4-2-1-3-5-11/h6-8,11H,1-5,9-10H2,(H,18,19). The smallest absolute Gasteiger partial charge is 0.257 e. The van der Waals surface area contributed by atoms with Crippen LogP contribution in [-0.2, 0) is 4.79 Å². The molecule has 2 rings (SSSR count). The molecule has 110 valence electrons. The second-order valence-electron chi connectivity index (χ2n) is 5.17. The van der Waals surface area contributed by atoms with Crippen molar-refractivity contribution in [2.75, 3.05) is 13.2 Å². The summed E-state index contributed by atoms with van der Waals surface area (Å²) >= 11 is 5.82. The van der Waals surface area contributed by atoms with Crippen LogP contribution in [0.5, 0.6) is 5.75 Å². The molecule has 5 heteroatoms. The molecule has 0 spiro atoms. The first kappa shape index (κ1) is 15.1. The first-order valence-electron chi connectivity index (χ1n) is 6.99. The van der Waals surface area contributed by atoms with Gasteiger partial charge in [-0.15, -0.1) is 0 Å². The highest BCUT2D eigenvalue weighted by molar-refractivity contribution is 6.32. The van der Waals surface area contributed by atoms with Crippen LogP contribution < -0.4 is 10.1 Å². The molecule has 0 atom stereocenters. The molecule has 0 saturated heterocycles. The average molecular weight is 300 g/mol. The molecule has 1 amide bonds. The van der Waals surface area contributed by atoms with Gasteiger partial charge in [-0.2, -0.15) is 0 Å². The number of halogens is 2. The minimum atomic E-state index is -0.427. The summed E-state index contributed by atoms with van der Waals surface area (Å²) in [7, 11) is 0. The molecule has 0 heterocycles. The lowest BCUT2D eigenvalue weighted by Crippen LogP contribution is -2.33. The van der Waals surface area contributed by atoms with E-state index in [4.69, 9.17) is 16.3 Å². The van der Waals surface area contributed by atoms with Crippen molar-refractivity contribution in [1.82, 2.24) is 5.32 Å². The van der Waals surface area contributed by atoms with Crippen LogP contribution in [0.3, 0.4) is 0 Å². The van der Waals surface area contributed by atoms with Crippen molar-refractivity contribution in [3.63, 3.8) is 0 Å². The van der Waals surface area contributed by atoms with Crippen LogP contribution in [-0.4, -0.2) is 19.1 Å². The zero-order valence-electron chi connectivity index (χ0n) is 11.3. The zero-order valence-corrected chi connectivity index (χ0v) is 12.1. The minimum Gasteiger partial charge on any atom is -0.482 e. The number of rotatable bonds is 5. The topological polar surface area (TPSA) is 38.3 Å². The van der Waals surface area contributed by atoms with Gasteiger partial charge in [0.25, 0.3) is 5.91 Å². The predicted molar refractivity (Wildman–Crippen MR) is 76.5 cm³/mol. The molecular formula is C15H19ClFNO2. The lowest BCUT2D eigenvalue weighted by atomic mass is 9.89. The quantitative estimate of drug-likeness (QED) is 0.903. The number of ether oxygens (including phenoxy) is 1. The molecule has 3 nitrogen and oxygen atoms in total. The first-order valence-corrected chi connectivity index (χ1v) is 7.37. The molecule has 0 radical (unpaired) electrons. The van der Waals surface area contributed by atoms with Crippen LogP contribution in [0, 0.1) is 11.7 Å². The summed E-state index contributed by atoms with van der Waals surface area (Å²) in [6, 6.07) is 3.84. The molecule has 1 aliphatic rings. The van der Waals surface area contributed by atoms with Crippen LogP contribution >= 0.6 is 11.6 Å². The van der Waals surface area contributed by atoms with Gasteiger partial charge in [0.1, 0.15) is 11.6 Å². The van der Waals surface area contributed by atoms with E-state index in [1.807, 2.05) is 0 Å². The Morgan fingerprint density at radius 2 is 2.10 bits per heavy atom. The van der Waals surface area contributed by atoms with Crippen molar-refractivity contribution >= 4 is 17.5 Å². The monoisotopic (exact) mass is 299 g/mol. The van der Waals surface area contributed by atoms with Crippen molar-refractivity contribution in [2.45, 2.75) is 32.1 Å². The highest BCUT2D eigenvalue weighted by Gasteiger charge is 2.14. The van der Waals surface area contributed by atoms with Crippen LogP contribution in [0.15, 0.2) is 18.2 Å². The van der Waals surface area contributed by atoms with Gasteiger partial charge in [0.15, 0.2) is 6.61 Å². The largest absolute Gasteiger partial charge is 0.482 e. The van der Waals surface area contributed by atoms with Gasteiger partial charge in [-0.1, -0.05) is 30.9 Å². The van der Waals surface area contributed by atoms with E-state index < -0.39 is 5.82 Å². The molecule has 0 unspecified atom stereocenters. The summed E-state index contributed by atoms with van der Waals surface area (Å²) in [6.07, 6.45) is 6.18. The van der Waals surface area contributed by atoms with Gasteiger partial charge < -0.3 is 10.1 Å². The van der Waals surface area contributed by atoms with E-state index in [1.165, 1.54) is 44.2 Å². The third-order valence-corrected chi connectivity index (χ3v) is 3.86. The van der Waals surface area contributed by atoms with Crippen molar-refractivity contribution in [2.24, 2.45) is 5.92 Å². The highest BCUT2D eigenvalue weighted by atomic mass is 35.5. The van der Waals surface area contributed by atoms with E-state index in [9.17, 15) is 9.18 Å². The number of benzene rings is 1. The fraction of sp³-hybridized carbons (Fsp3) is 0.533. The third kappa shape index (κ3) is 4.67. The molecule has 1 aromatic rings. The van der Waals surface area contributed by atoms with Gasteiger partial charge >= 0.3 is 0 Å². The third-order valence-electron chi connectivity index (χ3n) is 3.57. The van der Waals surface area contributed by atoms with Crippen molar-refractivity contribution in [3.8, 4) is 5.75 Å². The Morgan fingerprint density at radius 1 is 1.35 bits per heavy atom. The predicted octanol–water partition coefficient (Wildman–Crippen LogP) is 3.55. The fourth-order valence-corrected chi connectivity index (χ4v) is 2.66. The van der Waals surface area contributed by atoms with E-state index in [0.717, 1.165) is 6.07 Å². The molecule has 20 heavy (non-hydrogen) atoms. The van der Waals surface area contributed by atoms with Gasteiger partial charge in [0, 0.05) is 6.54 Å². The summed E-state index contributed by atoms with van der Waals surface area (Å²) in [6.45, 7) is 0.609. The maximum atomic E-state index is 12.9. The summed E-state index contributed by atoms with van der Waals surface area (Å²) in [5.74, 6) is 0.308. The fourth-order valence-electron chi connectivity index (χ4n) is 2.44. The first-order chi connectivity index (χ1) is 9.65. The molecule has 1 aromatic carbocycles. The number of hydrogen-bond acceptors (Lipinski definition) is 2. The lowest BCUT2D eigenvalue weighted by molar-refractivity contribution is -0.123. The lowest BCUT2D eigenvalue weighted by Gasteiger charge is -2.21. The average Bonchev–Trinajstić information content (AvgIpc) is 2.45. The maximum absolute atomic E-state index is 12.9. The number of hydrogen-bond donors (Lipinski definition) is 1. The van der Waals surface area contributed by atoms with Crippen LogP contribution in [0.2, 0.25) is 5.02 Å². The van der Waals surface area contributed by atoms with Gasteiger partial charge in [0.2, 0.25) is 0 Å². The molecule has 1 fully saturated rings. The molecule has 1 saturated carbocycles. The van der Waals surface area contributed by atoms with Gasteiger partial charge in [-0.25, -0.2) is 4.39 Å². The zero-order chi connectivity index (χ0) is 14.4. The summed E-state index contributed by atoms with van der Waals surface area (Å²) in [4.78, 5) is 11.7. The van der Waals surface area contributed by atoms with Crippen LogP contribution in [0.25, 0.3) is 0 Å². The van der Waals surface area contributed by atoms with Crippen molar-refractivity contribution < 1.29 is 13.9 Å². The second kappa shape index (κ2) is 7.48. The van der Waals surface area contributed by atoms with E-state index in [0.29, 0.717) is 18.2 Å². The SMILES string of the molecule is O=C(COc1ccc(F)cc1Cl)NCC1CCCCC1. The molecule has 0 aliphatic heterocycles. The molecular weight excluding hydrogens is 281 g/mol.